The minimum Gasteiger partial charge on any atom is -0.480 e. The van der Waals surface area contributed by atoms with Gasteiger partial charge in [0.25, 0.3) is 11.8 Å². The SMILES string of the molecule is CCN1C(=O)C=CC1=O.N[C@@H](CCC(=O)N[C@@H](CS)C(=O)NCC(=O)O)C(=O)O. The number of carboxylic acids is 2. The van der Waals surface area contributed by atoms with Crippen molar-refractivity contribution in [3.05, 3.63) is 12.2 Å². The average molecular weight is 432 g/mol. The van der Waals surface area contributed by atoms with Crippen molar-refractivity contribution < 1.29 is 39.0 Å². The first-order valence-corrected chi connectivity index (χ1v) is 9.08. The maximum Gasteiger partial charge on any atom is 0.322 e. The average Bonchev–Trinajstić information content (AvgIpc) is 2.99. The number of carbonyl (C=O) groups excluding carboxylic acids is 4. The minimum absolute atomic E-state index is 0.0256. The largest absolute Gasteiger partial charge is 0.480 e. The zero-order valence-electron chi connectivity index (χ0n) is 15.7. The monoisotopic (exact) mass is 432 g/mol. The molecule has 1 aliphatic heterocycles. The molecule has 0 aromatic carbocycles. The molecule has 0 aromatic rings. The Hall–Kier alpha value is -2.93. The molecule has 0 radical (unpaired) electrons. The molecule has 0 unspecified atom stereocenters. The van der Waals surface area contributed by atoms with E-state index in [1.165, 1.54) is 17.1 Å². The van der Waals surface area contributed by atoms with E-state index in [4.69, 9.17) is 15.9 Å². The predicted molar refractivity (Wildman–Crippen MR) is 103 cm³/mol. The van der Waals surface area contributed by atoms with E-state index in [9.17, 15) is 28.8 Å². The third kappa shape index (κ3) is 10.3. The van der Waals surface area contributed by atoms with Crippen molar-refractivity contribution >= 4 is 48.2 Å². The van der Waals surface area contributed by atoms with E-state index in [-0.39, 0.29) is 30.4 Å². The van der Waals surface area contributed by atoms with Crippen LogP contribution >= 0.6 is 12.6 Å². The summed E-state index contributed by atoms with van der Waals surface area (Å²) in [7, 11) is 0. The van der Waals surface area contributed by atoms with Crippen LogP contribution in [0.3, 0.4) is 0 Å². The number of amides is 4. The summed E-state index contributed by atoms with van der Waals surface area (Å²) in [5, 5.41) is 21.4. The zero-order valence-corrected chi connectivity index (χ0v) is 16.6. The quantitative estimate of drug-likeness (QED) is 0.163. The topological polar surface area (TPSA) is 196 Å². The fourth-order valence-electron chi connectivity index (χ4n) is 1.90. The Morgan fingerprint density at radius 2 is 1.72 bits per heavy atom. The molecule has 12 nitrogen and oxygen atoms in total. The van der Waals surface area contributed by atoms with Gasteiger partial charge < -0.3 is 26.6 Å². The van der Waals surface area contributed by atoms with Crippen LogP contribution in [-0.2, 0) is 28.8 Å². The van der Waals surface area contributed by atoms with Crippen LogP contribution in [0.25, 0.3) is 0 Å². The van der Waals surface area contributed by atoms with Gasteiger partial charge in [-0.3, -0.25) is 33.7 Å². The lowest BCUT2D eigenvalue weighted by Gasteiger charge is -2.16. The Balaban J connectivity index is 0.000000717. The molecule has 1 aliphatic rings. The number of likely N-dealkylation sites (N-methyl/N-ethyl adjacent to an activating group) is 1. The number of nitrogens with two attached hydrogens (primary N) is 1. The van der Waals surface area contributed by atoms with Gasteiger partial charge in [0.15, 0.2) is 0 Å². The van der Waals surface area contributed by atoms with E-state index >= 15 is 0 Å². The number of hydrogen-bond donors (Lipinski definition) is 6. The van der Waals surface area contributed by atoms with E-state index in [2.05, 4.69) is 23.3 Å². The maximum atomic E-state index is 11.5. The van der Waals surface area contributed by atoms with Crippen LogP contribution in [-0.4, -0.2) is 81.6 Å². The van der Waals surface area contributed by atoms with Gasteiger partial charge in [-0.05, 0) is 13.3 Å². The van der Waals surface area contributed by atoms with Gasteiger partial charge in [-0.15, -0.1) is 0 Å². The van der Waals surface area contributed by atoms with Crippen LogP contribution in [0.4, 0.5) is 0 Å². The lowest BCUT2D eigenvalue weighted by Crippen LogP contribution is -2.49. The van der Waals surface area contributed by atoms with Gasteiger partial charge >= 0.3 is 11.9 Å². The first kappa shape index (κ1) is 26.1. The Bertz CT molecular complexity index is 664. The zero-order chi connectivity index (χ0) is 22.6. The van der Waals surface area contributed by atoms with Crippen molar-refractivity contribution in [2.45, 2.75) is 31.8 Å². The van der Waals surface area contributed by atoms with E-state index in [1.54, 1.807) is 6.92 Å². The molecule has 0 fully saturated rings. The van der Waals surface area contributed by atoms with Crippen LogP contribution in [0.15, 0.2) is 12.2 Å². The summed E-state index contributed by atoms with van der Waals surface area (Å²) in [5.41, 5.74) is 5.23. The van der Waals surface area contributed by atoms with Crippen molar-refractivity contribution in [2.75, 3.05) is 18.8 Å². The summed E-state index contributed by atoms with van der Waals surface area (Å²) >= 11 is 3.87. The Kier molecular flexibility index (Phi) is 11.9. The van der Waals surface area contributed by atoms with E-state index in [0.29, 0.717) is 6.54 Å². The molecule has 0 aromatic heterocycles. The summed E-state index contributed by atoms with van der Waals surface area (Å²) in [4.78, 5) is 66.2. The van der Waals surface area contributed by atoms with Crippen LogP contribution in [0.1, 0.15) is 19.8 Å². The number of thiol groups is 1. The molecular weight excluding hydrogens is 408 g/mol. The number of rotatable bonds is 10. The molecule has 162 valence electrons. The number of nitrogens with one attached hydrogen (secondary N) is 2. The molecule has 0 saturated carbocycles. The number of hydrogen-bond acceptors (Lipinski definition) is 8. The first-order valence-electron chi connectivity index (χ1n) is 8.45. The number of carbonyl (C=O) groups is 6. The van der Waals surface area contributed by atoms with Crippen molar-refractivity contribution in [3.8, 4) is 0 Å². The summed E-state index contributed by atoms with van der Waals surface area (Å²) in [6, 6.07) is -2.15. The van der Waals surface area contributed by atoms with Crippen LogP contribution < -0.4 is 16.4 Å². The number of imide groups is 1. The second-order valence-corrected chi connectivity index (χ2v) is 6.02. The predicted octanol–water partition coefficient (Wildman–Crippen LogP) is -2.27. The Morgan fingerprint density at radius 1 is 1.17 bits per heavy atom. The Morgan fingerprint density at radius 3 is 2.10 bits per heavy atom. The van der Waals surface area contributed by atoms with Gasteiger partial charge in [-0.2, -0.15) is 12.6 Å². The molecule has 0 bridgehead atoms. The van der Waals surface area contributed by atoms with E-state index in [1.807, 2.05) is 0 Å². The highest BCUT2D eigenvalue weighted by Crippen LogP contribution is 2.01. The highest BCUT2D eigenvalue weighted by molar-refractivity contribution is 7.80. The molecule has 1 rings (SSSR count). The third-order valence-electron chi connectivity index (χ3n) is 3.46. The van der Waals surface area contributed by atoms with E-state index < -0.39 is 42.4 Å². The molecule has 1 heterocycles. The lowest BCUT2D eigenvalue weighted by molar-refractivity contribution is -0.139. The van der Waals surface area contributed by atoms with Crippen LogP contribution in [0.5, 0.6) is 0 Å². The normalized spacial score (nSPS) is 14.5. The molecule has 6 N–H and O–H groups in total. The molecule has 13 heteroatoms. The summed E-state index contributed by atoms with van der Waals surface area (Å²) in [5.74, 6) is -4.12. The highest BCUT2D eigenvalue weighted by atomic mass is 32.1. The second kappa shape index (κ2) is 13.3. The van der Waals surface area contributed by atoms with Gasteiger partial charge in [0.1, 0.15) is 18.6 Å². The number of carboxylic acid groups (broad SMARTS) is 2. The molecule has 0 spiro atoms. The lowest BCUT2D eigenvalue weighted by atomic mass is 10.1. The van der Waals surface area contributed by atoms with Gasteiger partial charge in [0.2, 0.25) is 11.8 Å². The smallest absolute Gasteiger partial charge is 0.322 e. The summed E-state index contributed by atoms with van der Waals surface area (Å²) in [6.45, 7) is 1.66. The number of nitrogens with zero attached hydrogens (tertiary/aromatic N) is 1. The fourth-order valence-corrected chi connectivity index (χ4v) is 2.16. The van der Waals surface area contributed by atoms with Gasteiger partial charge in [0, 0.05) is 30.9 Å². The molecule has 2 atom stereocenters. The van der Waals surface area contributed by atoms with Gasteiger partial charge in [-0.25, -0.2) is 0 Å². The number of aliphatic carboxylic acids is 2. The van der Waals surface area contributed by atoms with Gasteiger partial charge in [-0.1, -0.05) is 0 Å². The van der Waals surface area contributed by atoms with Crippen molar-refractivity contribution in [2.24, 2.45) is 5.73 Å². The van der Waals surface area contributed by atoms with Crippen molar-refractivity contribution in [3.63, 3.8) is 0 Å². The third-order valence-corrected chi connectivity index (χ3v) is 3.83. The van der Waals surface area contributed by atoms with Gasteiger partial charge in [0.05, 0.1) is 0 Å². The maximum absolute atomic E-state index is 11.5. The second-order valence-electron chi connectivity index (χ2n) is 5.65. The fraction of sp³-hybridized carbons (Fsp3) is 0.500. The van der Waals surface area contributed by atoms with Crippen LogP contribution in [0.2, 0.25) is 0 Å². The molecule has 4 amide bonds. The molecule has 0 aliphatic carbocycles. The first-order chi connectivity index (χ1) is 13.5. The van der Waals surface area contributed by atoms with Crippen molar-refractivity contribution in [1.29, 1.82) is 0 Å². The minimum atomic E-state index is -1.22. The van der Waals surface area contributed by atoms with Crippen LogP contribution in [0, 0.1) is 0 Å². The van der Waals surface area contributed by atoms with E-state index in [0.717, 1.165) is 0 Å². The van der Waals surface area contributed by atoms with Crippen molar-refractivity contribution in [1.82, 2.24) is 15.5 Å². The molecule has 0 saturated heterocycles. The standard InChI is InChI=1S/C10H17N3O6S.C6H7NO2/c11-5(10(18)19)1-2-7(14)13-6(4-20)9(17)12-3-8(15)16;1-2-7-5(8)3-4-6(7)9/h5-6,20H,1-4,11H2,(H,12,17)(H,13,14)(H,15,16)(H,18,19);3-4H,2H2,1H3/t5-,6-;/m0./s1. The highest BCUT2D eigenvalue weighted by Gasteiger charge is 2.21. The summed E-state index contributed by atoms with van der Waals surface area (Å²) in [6.07, 6.45) is 2.33. The molecule has 29 heavy (non-hydrogen) atoms. The molecular formula is C16H24N4O8S. The Labute approximate surface area is 171 Å². The summed E-state index contributed by atoms with van der Waals surface area (Å²) < 4.78 is 0.